The molecule has 6 nitrogen and oxygen atoms in total. The van der Waals surface area contributed by atoms with Gasteiger partial charge < -0.3 is 10.1 Å². The summed E-state index contributed by atoms with van der Waals surface area (Å²) in [6.45, 7) is 3.75. The molecule has 24 heavy (non-hydrogen) atoms. The second-order valence-electron chi connectivity index (χ2n) is 5.35. The van der Waals surface area contributed by atoms with Gasteiger partial charge in [-0.05, 0) is 25.0 Å². The molecule has 2 aromatic rings. The van der Waals surface area contributed by atoms with E-state index in [9.17, 15) is 9.59 Å². The summed E-state index contributed by atoms with van der Waals surface area (Å²) >= 11 is 1.29. The van der Waals surface area contributed by atoms with Gasteiger partial charge in [-0.25, -0.2) is 4.98 Å². The molecule has 0 fully saturated rings. The average Bonchev–Trinajstić information content (AvgIpc) is 2.60. The molecule has 0 aliphatic carbocycles. The van der Waals surface area contributed by atoms with Crippen LogP contribution in [0.4, 0.5) is 0 Å². The minimum Gasteiger partial charge on any atom is -0.385 e. The first-order chi connectivity index (χ1) is 11.7. The molecular formula is C17H23N3O3S. The Bertz CT molecular complexity index is 745. The molecule has 7 heteroatoms. The molecule has 1 aromatic carbocycles. The van der Waals surface area contributed by atoms with E-state index >= 15 is 0 Å². The normalized spacial score (nSPS) is 10.9. The van der Waals surface area contributed by atoms with Crippen LogP contribution in [0.1, 0.15) is 19.8 Å². The molecule has 1 aromatic heterocycles. The van der Waals surface area contributed by atoms with Crippen molar-refractivity contribution in [3.63, 3.8) is 0 Å². The third-order valence-corrected chi connectivity index (χ3v) is 4.44. The van der Waals surface area contributed by atoms with E-state index in [0.29, 0.717) is 42.2 Å². The number of aromatic nitrogens is 2. The quantitative estimate of drug-likeness (QED) is 0.426. The molecule has 2 rings (SSSR count). The molecule has 0 saturated carbocycles. The van der Waals surface area contributed by atoms with Crippen LogP contribution in [0.2, 0.25) is 0 Å². The van der Waals surface area contributed by atoms with Crippen molar-refractivity contribution in [3.05, 3.63) is 34.6 Å². The Morgan fingerprint density at radius 1 is 1.38 bits per heavy atom. The fourth-order valence-corrected chi connectivity index (χ4v) is 3.12. The first-order valence-corrected chi connectivity index (χ1v) is 9.04. The number of fused-ring (bicyclic) bond motifs is 1. The third kappa shape index (κ3) is 4.82. The molecule has 0 spiro atoms. The highest BCUT2D eigenvalue weighted by atomic mass is 32.2. The summed E-state index contributed by atoms with van der Waals surface area (Å²) in [5.74, 6) is 0.197. The lowest BCUT2D eigenvalue weighted by Gasteiger charge is -2.13. The van der Waals surface area contributed by atoms with Gasteiger partial charge in [-0.1, -0.05) is 30.8 Å². The molecule has 0 aliphatic heterocycles. The molecule has 0 atom stereocenters. The molecule has 0 bridgehead atoms. The number of hydrogen-bond donors (Lipinski definition) is 1. The van der Waals surface area contributed by atoms with E-state index in [4.69, 9.17) is 4.74 Å². The van der Waals surface area contributed by atoms with Crippen LogP contribution in [0.25, 0.3) is 10.9 Å². The second kappa shape index (κ2) is 9.44. The van der Waals surface area contributed by atoms with Gasteiger partial charge in [0.05, 0.1) is 16.7 Å². The lowest BCUT2D eigenvalue weighted by Crippen LogP contribution is -2.27. The van der Waals surface area contributed by atoms with Crippen LogP contribution in [0.5, 0.6) is 0 Å². The van der Waals surface area contributed by atoms with Crippen LogP contribution >= 0.6 is 11.8 Å². The monoisotopic (exact) mass is 349 g/mol. The van der Waals surface area contributed by atoms with E-state index in [-0.39, 0.29) is 17.2 Å². The smallest absolute Gasteiger partial charge is 0.262 e. The van der Waals surface area contributed by atoms with Crippen molar-refractivity contribution in [2.24, 2.45) is 0 Å². The van der Waals surface area contributed by atoms with Crippen molar-refractivity contribution in [2.45, 2.75) is 31.5 Å². The standard InChI is InChI=1S/C17H23N3O3S/c1-3-9-18-15(21)12-24-17-19-14-8-5-4-7-13(14)16(22)20(17)10-6-11-23-2/h4-5,7-8H,3,6,9-12H2,1-2H3,(H,18,21). The zero-order valence-electron chi connectivity index (χ0n) is 14.1. The number of rotatable bonds is 9. The van der Waals surface area contributed by atoms with Crippen LogP contribution in [0, 0.1) is 0 Å². The van der Waals surface area contributed by atoms with Crippen LogP contribution in [0.15, 0.2) is 34.2 Å². The summed E-state index contributed by atoms with van der Waals surface area (Å²) in [6.07, 6.45) is 1.61. The van der Waals surface area contributed by atoms with Crippen molar-refractivity contribution in [1.82, 2.24) is 14.9 Å². The molecule has 0 saturated heterocycles. The molecule has 1 heterocycles. The highest BCUT2D eigenvalue weighted by Gasteiger charge is 2.12. The van der Waals surface area contributed by atoms with Gasteiger partial charge >= 0.3 is 0 Å². The number of hydrogen-bond acceptors (Lipinski definition) is 5. The Hall–Kier alpha value is -1.86. The molecule has 0 unspecified atom stereocenters. The lowest BCUT2D eigenvalue weighted by atomic mass is 10.2. The van der Waals surface area contributed by atoms with Crippen molar-refractivity contribution in [1.29, 1.82) is 0 Å². The van der Waals surface area contributed by atoms with Crippen LogP contribution < -0.4 is 10.9 Å². The Balaban J connectivity index is 2.26. The van der Waals surface area contributed by atoms with Crippen molar-refractivity contribution >= 4 is 28.6 Å². The van der Waals surface area contributed by atoms with Gasteiger partial charge in [-0.3, -0.25) is 14.2 Å². The van der Waals surface area contributed by atoms with Gasteiger partial charge in [0.25, 0.3) is 5.56 Å². The molecular weight excluding hydrogens is 326 g/mol. The fraction of sp³-hybridized carbons (Fsp3) is 0.471. The number of ether oxygens (including phenoxy) is 1. The maximum Gasteiger partial charge on any atom is 0.262 e. The van der Waals surface area contributed by atoms with Crippen molar-refractivity contribution in [2.75, 3.05) is 26.0 Å². The highest BCUT2D eigenvalue weighted by molar-refractivity contribution is 7.99. The number of amides is 1. The average molecular weight is 349 g/mol. The number of para-hydroxylation sites is 1. The molecule has 130 valence electrons. The van der Waals surface area contributed by atoms with Crippen LogP contribution in [-0.2, 0) is 16.1 Å². The van der Waals surface area contributed by atoms with E-state index in [1.165, 1.54) is 11.8 Å². The van der Waals surface area contributed by atoms with Gasteiger partial charge in [0.15, 0.2) is 5.16 Å². The van der Waals surface area contributed by atoms with Crippen LogP contribution in [-0.4, -0.2) is 41.5 Å². The minimum atomic E-state index is -0.0758. The summed E-state index contributed by atoms with van der Waals surface area (Å²) in [5, 5.41) is 3.99. The Kier molecular flexibility index (Phi) is 7.27. The zero-order valence-corrected chi connectivity index (χ0v) is 14.9. The van der Waals surface area contributed by atoms with Crippen molar-refractivity contribution in [3.8, 4) is 0 Å². The van der Waals surface area contributed by atoms with Gasteiger partial charge in [-0.15, -0.1) is 0 Å². The van der Waals surface area contributed by atoms with E-state index in [1.807, 2.05) is 25.1 Å². The number of methoxy groups -OCH3 is 1. The van der Waals surface area contributed by atoms with Gasteiger partial charge in [0.1, 0.15) is 0 Å². The number of thioether (sulfide) groups is 1. The summed E-state index contributed by atoms with van der Waals surface area (Å²) < 4.78 is 6.70. The summed E-state index contributed by atoms with van der Waals surface area (Å²) in [5.41, 5.74) is 0.579. The Labute approximate surface area is 145 Å². The largest absolute Gasteiger partial charge is 0.385 e. The predicted molar refractivity (Wildman–Crippen MR) is 96.5 cm³/mol. The SMILES string of the molecule is CCCNC(=O)CSc1nc2ccccc2c(=O)n1CCCOC. The zero-order chi connectivity index (χ0) is 17.4. The topological polar surface area (TPSA) is 73.2 Å². The minimum absolute atomic E-state index is 0.0484. The lowest BCUT2D eigenvalue weighted by molar-refractivity contribution is -0.118. The van der Waals surface area contributed by atoms with E-state index in [1.54, 1.807) is 17.7 Å². The predicted octanol–water partition coefficient (Wildman–Crippen LogP) is 2.05. The Morgan fingerprint density at radius 3 is 2.92 bits per heavy atom. The second-order valence-corrected chi connectivity index (χ2v) is 6.30. The maximum atomic E-state index is 12.7. The summed E-state index contributed by atoms with van der Waals surface area (Å²) in [7, 11) is 1.63. The van der Waals surface area contributed by atoms with Gasteiger partial charge in [0.2, 0.25) is 5.91 Å². The van der Waals surface area contributed by atoms with E-state index < -0.39 is 0 Å². The molecule has 1 amide bonds. The fourth-order valence-electron chi connectivity index (χ4n) is 2.27. The third-order valence-electron chi connectivity index (χ3n) is 3.46. The van der Waals surface area contributed by atoms with Crippen molar-refractivity contribution < 1.29 is 9.53 Å². The number of nitrogens with one attached hydrogen (secondary N) is 1. The van der Waals surface area contributed by atoms with Gasteiger partial charge in [-0.2, -0.15) is 0 Å². The maximum absolute atomic E-state index is 12.7. The molecule has 1 N–H and O–H groups in total. The first kappa shape index (κ1) is 18.5. The number of carbonyl (C=O) groups is 1. The van der Waals surface area contributed by atoms with Gasteiger partial charge in [0, 0.05) is 26.8 Å². The van der Waals surface area contributed by atoms with E-state index in [0.717, 1.165) is 6.42 Å². The number of nitrogens with zero attached hydrogens (tertiary/aromatic N) is 2. The van der Waals surface area contributed by atoms with E-state index in [2.05, 4.69) is 10.3 Å². The summed E-state index contributed by atoms with van der Waals surface area (Å²) in [4.78, 5) is 29.1. The number of carbonyl (C=O) groups excluding carboxylic acids is 1. The summed E-state index contributed by atoms with van der Waals surface area (Å²) in [6, 6.07) is 7.28. The first-order valence-electron chi connectivity index (χ1n) is 8.05. The molecule has 0 aliphatic rings. The highest BCUT2D eigenvalue weighted by Crippen LogP contribution is 2.18. The van der Waals surface area contributed by atoms with Crippen LogP contribution in [0.3, 0.4) is 0 Å². The number of benzene rings is 1. The Morgan fingerprint density at radius 2 is 2.17 bits per heavy atom. The molecule has 0 radical (unpaired) electrons.